The average molecular weight is 283 g/mol. The Morgan fingerprint density at radius 1 is 1.20 bits per heavy atom. The minimum atomic E-state index is -0.519. The van der Waals surface area contributed by atoms with Crippen LogP contribution in [0.4, 0.5) is 4.79 Å². The lowest BCUT2D eigenvalue weighted by molar-refractivity contribution is 0.00578. The monoisotopic (exact) mass is 283 g/mol. The number of alkyl carbamates (subject to hydrolysis) is 1. The van der Waals surface area contributed by atoms with Crippen LogP contribution in [0.15, 0.2) is 12.1 Å². The molecule has 1 rings (SSSR count). The van der Waals surface area contributed by atoms with E-state index in [-0.39, 0.29) is 6.54 Å². The lowest BCUT2D eigenvalue weighted by Gasteiger charge is -2.32. The predicted molar refractivity (Wildman–Crippen MR) is 79.5 cm³/mol. The van der Waals surface area contributed by atoms with E-state index in [0.717, 1.165) is 0 Å². The Morgan fingerprint density at radius 3 is 2.05 bits per heavy atom. The molecule has 1 N–H and O–H groups in total. The standard InChI is InChI=1S/C14H26BNO4/c1-10(9-16-11(17)18-12(2,3)4)15-19-13(5,6)14(7,8)20-15/h1,9H2,2-8H3,(H,16,17). The van der Waals surface area contributed by atoms with Gasteiger partial charge in [-0.15, -0.1) is 6.58 Å². The maximum absolute atomic E-state index is 11.6. The van der Waals surface area contributed by atoms with E-state index < -0.39 is 30.0 Å². The van der Waals surface area contributed by atoms with Gasteiger partial charge in [0.25, 0.3) is 0 Å². The first-order valence-corrected chi connectivity index (χ1v) is 6.84. The van der Waals surface area contributed by atoms with Gasteiger partial charge in [0.15, 0.2) is 0 Å². The molecule has 1 aliphatic heterocycles. The fourth-order valence-electron chi connectivity index (χ4n) is 1.59. The van der Waals surface area contributed by atoms with Gasteiger partial charge >= 0.3 is 13.2 Å². The van der Waals surface area contributed by atoms with E-state index >= 15 is 0 Å². The molecule has 0 aromatic rings. The SMILES string of the molecule is C=C(CNC(=O)OC(C)(C)C)B1OC(C)(C)C(C)(C)O1. The number of hydrogen-bond donors (Lipinski definition) is 1. The second-order valence-electron chi connectivity index (χ2n) is 7.10. The highest BCUT2D eigenvalue weighted by atomic mass is 16.7. The first-order valence-electron chi connectivity index (χ1n) is 6.84. The van der Waals surface area contributed by atoms with Crippen LogP contribution in [0, 0.1) is 0 Å². The van der Waals surface area contributed by atoms with Gasteiger partial charge in [0.2, 0.25) is 0 Å². The van der Waals surface area contributed by atoms with Crippen molar-refractivity contribution in [1.82, 2.24) is 5.32 Å². The van der Waals surface area contributed by atoms with E-state index in [9.17, 15) is 4.79 Å². The van der Waals surface area contributed by atoms with E-state index in [1.807, 2.05) is 48.5 Å². The molecule has 0 spiro atoms. The van der Waals surface area contributed by atoms with Crippen LogP contribution in [-0.4, -0.2) is 36.6 Å². The maximum Gasteiger partial charge on any atom is 0.491 e. The Balaban J connectivity index is 2.48. The number of nitrogens with one attached hydrogen (secondary N) is 1. The number of rotatable bonds is 3. The van der Waals surface area contributed by atoms with E-state index in [4.69, 9.17) is 14.0 Å². The first-order chi connectivity index (χ1) is 8.84. The lowest BCUT2D eigenvalue weighted by atomic mass is 9.79. The molecule has 0 aromatic heterocycles. The van der Waals surface area contributed by atoms with Crippen molar-refractivity contribution in [2.75, 3.05) is 6.54 Å². The van der Waals surface area contributed by atoms with Crippen molar-refractivity contribution in [2.45, 2.75) is 65.3 Å². The third kappa shape index (κ3) is 4.25. The maximum atomic E-state index is 11.6. The molecule has 0 saturated carbocycles. The summed E-state index contributed by atoms with van der Waals surface area (Å²) in [7, 11) is -0.519. The third-order valence-electron chi connectivity index (χ3n) is 3.45. The molecule has 114 valence electrons. The van der Waals surface area contributed by atoms with Crippen LogP contribution in [0.3, 0.4) is 0 Å². The topological polar surface area (TPSA) is 56.8 Å². The summed E-state index contributed by atoms with van der Waals surface area (Å²) in [6, 6.07) is 0. The highest BCUT2D eigenvalue weighted by Gasteiger charge is 2.51. The minimum Gasteiger partial charge on any atom is -0.444 e. The summed E-state index contributed by atoms with van der Waals surface area (Å²) in [6.07, 6.45) is -0.477. The van der Waals surface area contributed by atoms with E-state index in [2.05, 4.69) is 11.9 Å². The van der Waals surface area contributed by atoms with Gasteiger partial charge < -0.3 is 19.4 Å². The van der Waals surface area contributed by atoms with Crippen LogP contribution in [0.2, 0.25) is 0 Å². The van der Waals surface area contributed by atoms with Crippen LogP contribution >= 0.6 is 0 Å². The van der Waals surface area contributed by atoms with Gasteiger partial charge in [-0.05, 0) is 53.9 Å². The van der Waals surface area contributed by atoms with Crippen LogP contribution in [0.5, 0.6) is 0 Å². The summed E-state index contributed by atoms with van der Waals surface area (Å²) in [6.45, 7) is 17.5. The fraction of sp³-hybridized carbons (Fsp3) is 0.786. The number of ether oxygens (including phenoxy) is 1. The second-order valence-corrected chi connectivity index (χ2v) is 7.10. The molecule has 5 nitrogen and oxygen atoms in total. The third-order valence-corrected chi connectivity index (χ3v) is 3.45. The summed E-state index contributed by atoms with van der Waals surface area (Å²) < 4.78 is 16.9. The number of amides is 1. The molecule has 20 heavy (non-hydrogen) atoms. The molecule has 0 aliphatic carbocycles. The zero-order valence-electron chi connectivity index (χ0n) is 13.6. The van der Waals surface area contributed by atoms with Crippen molar-refractivity contribution in [3.63, 3.8) is 0 Å². The average Bonchev–Trinajstić information content (AvgIpc) is 2.42. The second kappa shape index (κ2) is 5.41. The molecular weight excluding hydrogens is 257 g/mol. The zero-order chi connectivity index (χ0) is 15.8. The predicted octanol–water partition coefficient (Wildman–Crippen LogP) is 2.70. The van der Waals surface area contributed by atoms with Gasteiger partial charge in [-0.1, -0.05) is 0 Å². The summed E-state index contributed by atoms with van der Waals surface area (Å²) in [5.74, 6) is 0. The summed E-state index contributed by atoms with van der Waals surface area (Å²) in [4.78, 5) is 11.6. The Morgan fingerprint density at radius 2 is 1.65 bits per heavy atom. The molecule has 1 heterocycles. The van der Waals surface area contributed by atoms with Crippen LogP contribution < -0.4 is 5.32 Å². The largest absolute Gasteiger partial charge is 0.491 e. The minimum absolute atomic E-state index is 0.256. The molecule has 0 unspecified atom stereocenters. The summed E-state index contributed by atoms with van der Waals surface area (Å²) >= 11 is 0. The number of hydrogen-bond acceptors (Lipinski definition) is 4. The van der Waals surface area contributed by atoms with Crippen LogP contribution in [0.1, 0.15) is 48.5 Å². The van der Waals surface area contributed by atoms with Crippen molar-refractivity contribution < 1.29 is 18.8 Å². The molecule has 6 heteroatoms. The van der Waals surface area contributed by atoms with Gasteiger partial charge in [-0.25, -0.2) is 4.79 Å². The van der Waals surface area contributed by atoms with Crippen LogP contribution in [-0.2, 0) is 14.0 Å². The van der Waals surface area contributed by atoms with Crippen molar-refractivity contribution in [2.24, 2.45) is 0 Å². The van der Waals surface area contributed by atoms with E-state index in [0.29, 0.717) is 5.47 Å². The molecule has 1 amide bonds. The van der Waals surface area contributed by atoms with Crippen LogP contribution in [0.25, 0.3) is 0 Å². The quantitative estimate of drug-likeness (QED) is 0.809. The molecule has 0 radical (unpaired) electrons. The van der Waals surface area contributed by atoms with Crippen molar-refractivity contribution in [3.05, 3.63) is 12.1 Å². The van der Waals surface area contributed by atoms with Crippen molar-refractivity contribution >= 4 is 13.2 Å². The summed E-state index contributed by atoms with van der Waals surface area (Å²) in [5.41, 5.74) is -0.677. The Hall–Kier alpha value is -1.01. The Bertz CT molecular complexity index is 382. The fourth-order valence-corrected chi connectivity index (χ4v) is 1.59. The van der Waals surface area contributed by atoms with E-state index in [1.54, 1.807) is 0 Å². The smallest absolute Gasteiger partial charge is 0.444 e. The molecule has 1 fully saturated rings. The first kappa shape index (κ1) is 17.0. The molecule has 0 aromatic carbocycles. The number of carbonyl (C=O) groups excluding carboxylic acids is 1. The van der Waals surface area contributed by atoms with Gasteiger partial charge in [-0.3, -0.25) is 0 Å². The molecule has 1 saturated heterocycles. The molecular formula is C14H26BNO4. The Kier molecular flexibility index (Phi) is 4.61. The van der Waals surface area contributed by atoms with Gasteiger partial charge in [-0.2, -0.15) is 0 Å². The summed E-state index contributed by atoms with van der Waals surface area (Å²) in [5, 5.41) is 2.65. The van der Waals surface area contributed by atoms with E-state index in [1.165, 1.54) is 0 Å². The molecule has 1 aliphatic rings. The van der Waals surface area contributed by atoms with Crippen molar-refractivity contribution in [1.29, 1.82) is 0 Å². The highest BCUT2D eigenvalue weighted by Crippen LogP contribution is 2.38. The van der Waals surface area contributed by atoms with Crippen molar-refractivity contribution in [3.8, 4) is 0 Å². The molecule has 0 bridgehead atoms. The lowest BCUT2D eigenvalue weighted by Crippen LogP contribution is -2.41. The van der Waals surface area contributed by atoms with Gasteiger partial charge in [0.1, 0.15) is 5.60 Å². The Labute approximate surface area is 122 Å². The van der Waals surface area contributed by atoms with Gasteiger partial charge in [0.05, 0.1) is 11.2 Å². The zero-order valence-corrected chi connectivity index (χ0v) is 13.6. The van der Waals surface area contributed by atoms with Gasteiger partial charge in [0, 0.05) is 6.54 Å². The highest BCUT2D eigenvalue weighted by molar-refractivity contribution is 6.54. The normalized spacial score (nSPS) is 20.6. The number of carbonyl (C=O) groups is 1. The molecule has 0 atom stereocenters.